The third-order valence-corrected chi connectivity index (χ3v) is 14.7. The van der Waals surface area contributed by atoms with Gasteiger partial charge in [0.2, 0.25) is 0 Å². The molecule has 1 N–H and O–H groups in total. The number of aromatic hydroxyl groups is 1. The molecule has 0 fully saturated rings. The van der Waals surface area contributed by atoms with Gasteiger partial charge in [0, 0.05) is 27.0 Å². The number of hydrogen-bond acceptors (Lipinski definition) is 3. The van der Waals surface area contributed by atoms with Gasteiger partial charge in [-0.15, -0.1) is 0 Å². The van der Waals surface area contributed by atoms with E-state index in [1.54, 1.807) is 0 Å². The Morgan fingerprint density at radius 1 is 0.413 bits per heavy atom. The minimum Gasteiger partial charge on any atom is -0.507 e. The summed E-state index contributed by atoms with van der Waals surface area (Å²) in [6, 6.07) is 63.0. The van der Waals surface area contributed by atoms with E-state index in [-0.39, 0.29) is 27.6 Å². The minimum atomic E-state index is -2.54. The average molecular weight is 985 g/mol. The number of benzene rings is 8. The van der Waals surface area contributed by atoms with Gasteiger partial charge in [0.25, 0.3) is 0 Å². The Balaban J connectivity index is 1.23. The van der Waals surface area contributed by atoms with Crippen molar-refractivity contribution in [3.8, 4) is 89.7 Å². The van der Waals surface area contributed by atoms with Crippen LogP contribution in [0.4, 0.5) is 0 Å². The van der Waals surface area contributed by atoms with E-state index < -0.39 is 12.3 Å². The molecule has 4 heteroatoms. The summed E-state index contributed by atoms with van der Waals surface area (Å²) in [6.45, 7) is 23.6. The summed E-state index contributed by atoms with van der Waals surface area (Å²) in [7, 11) is 0. The molecule has 0 amide bonds. The molecule has 2 aromatic heterocycles. The molecule has 0 saturated heterocycles. The normalized spacial score (nSPS) is 13.1. The summed E-state index contributed by atoms with van der Waals surface area (Å²) in [5, 5.41) is 12.7. The van der Waals surface area contributed by atoms with Crippen molar-refractivity contribution >= 4 is 11.0 Å². The van der Waals surface area contributed by atoms with Gasteiger partial charge in [0.15, 0.2) is 0 Å². The summed E-state index contributed by atoms with van der Waals surface area (Å²) in [5.74, 6) is 0.560. The van der Waals surface area contributed by atoms with E-state index in [1.165, 1.54) is 16.7 Å². The van der Waals surface area contributed by atoms with Crippen LogP contribution in [0.5, 0.6) is 5.75 Å². The zero-order valence-corrected chi connectivity index (χ0v) is 45.7. The number of phenols is 1. The minimum absolute atomic E-state index is 0.114. The Morgan fingerprint density at radius 3 is 1.53 bits per heavy atom. The molecule has 0 aliphatic carbocycles. The lowest BCUT2D eigenvalue weighted by atomic mass is 9.78. The lowest BCUT2D eigenvalue weighted by molar-refractivity contribution is 0.446. The first-order valence-corrected chi connectivity index (χ1v) is 26.3. The van der Waals surface area contributed by atoms with Gasteiger partial charge in [0.1, 0.15) is 11.6 Å². The zero-order chi connectivity index (χ0) is 55.7. The molecule has 10 aromatic rings. The first kappa shape index (κ1) is 46.9. The van der Waals surface area contributed by atoms with Gasteiger partial charge in [-0.1, -0.05) is 210 Å². The average Bonchev–Trinajstić information content (AvgIpc) is 3.87. The highest BCUT2D eigenvalue weighted by molar-refractivity contribution is 5.98. The van der Waals surface area contributed by atoms with Crippen LogP contribution < -0.4 is 0 Å². The molecule has 2 heterocycles. The Labute approximate surface area is 450 Å². The van der Waals surface area contributed by atoms with E-state index in [4.69, 9.17) is 9.97 Å². The standard InChI is InChI=1S/C71H71N3O/c1-45-35-50(53-39-56(68(2,3)4)42-57(40-53)69(5,6)7)31-32-63(45)74-64-26-20-25-59(65(64)73-67(74)60-43-58(70(8,9)10)44-61(66(60)75)71(11,12)13)54-36-52(47-23-18-15-19-24-47)37-55(38-54)62-41-51(33-34-72-62)49-29-27-48(28-30-49)46-21-16-14-17-22-46/h14-44,75H,1-13H3/i1D3. The van der Waals surface area contributed by atoms with Crippen LogP contribution in [0.3, 0.4) is 0 Å². The van der Waals surface area contributed by atoms with Crippen LogP contribution in [0.1, 0.15) is 115 Å². The van der Waals surface area contributed by atoms with Gasteiger partial charge in [-0.2, -0.15) is 0 Å². The molecule has 75 heavy (non-hydrogen) atoms. The lowest BCUT2D eigenvalue weighted by Crippen LogP contribution is -2.17. The molecular weight excluding hydrogens is 911 g/mol. The highest BCUT2D eigenvalue weighted by Crippen LogP contribution is 2.46. The second kappa shape index (κ2) is 19.1. The monoisotopic (exact) mass is 985 g/mol. The summed E-state index contributed by atoms with van der Waals surface area (Å²) >= 11 is 0. The maximum atomic E-state index is 12.7. The van der Waals surface area contributed by atoms with Crippen LogP contribution in [0.2, 0.25) is 0 Å². The Bertz CT molecular complexity index is 3830. The van der Waals surface area contributed by atoms with Gasteiger partial charge < -0.3 is 5.11 Å². The zero-order valence-electron chi connectivity index (χ0n) is 48.7. The maximum Gasteiger partial charge on any atom is 0.149 e. The number of pyridine rings is 1. The van der Waals surface area contributed by atoms with E-state index in [2.05, 4.69) is 217 Å². The second-order valence-corrected chi connectivity index (χ2v) is 24.4. The number of nitrogens with zero attached hydrogens (tertiary/aromatic N) is 3. The van der Waals surface area contributed by atoms with E-state index in [0.717, 1.165) is 72.5 Å². The number of para-hydroxylation sites is 1. The highest BCUT2D eigenvalue weighted by Gasteiger charge is 2.30. The topological polar surface area (TPSA) is 50.9 Å². The van der Waals surface area contributed by atoms with Crippen molar-refractivity contribution in [3.05, 3.63) is 216 Å². The Kier molecular flexibility index (Phi) is 12.0. The summed E-state index contributed by atoms with van der Waals surface area (Å²) in [5.41, 5.74) is 17.5. The smallest absolute Gasteiger partial charge is 0.149 e. The van der Waals surface area contributed by atoms with E-state index in [0.29, 0.717) is 28.1 Å². The number of rotatable bonds is 8. The Hall–Kier alpha value is -7.82. The summed E-state index contributed by atoms with van der Waals surface area (Å²) in [6.07, 6.45) is 1.88. The highest BCUT2D eigenvalue weighted by atomic mass is 16.3. The van der Waals surface area contributed by atoms with Crippen molar-refractivity contribution in [2.75, 3.05) is 0 Å². The second-order valence-electron chi connectivity index (χ2n) is 24.4. The Morgan fingerprint density at radius 2 is 0.933 bits per heavy atom. The SMILES string of the molecule is [2H]C([2H])([2H])c1cc(-c2cc(C(C)(C)C)cc(C(C)(C)C)c2)ccc1-n1c(-c2cc(C(C)(C)C)cc(C(C)(C)C)c2O)nc2c(-c3cc(-c4ccccc4)cc(-c4cc(-c5ccc(-c6ccccc6)cc5)ccn4)c3)cccc21. The van der Waals surface area contributed by atoms with E-state index in [9.17, 15) is 9.22 Å². The van der Waals surface area contributed by atoms with E-state index in [1.807, 2.05) is 59.3 Å². The molecule has 0 aliphatic heterocycles. The number of phenolic OH excluding ortho intramolecular Hbond substituents is 1. The lowest BCUT2D eigenvalue weighted by Gasteiger charge is -2.27. The van der Waals surface area contributed by atoms with Crippen molar-refractivity contribution in [3.63, 3.8) is 0 Å². The molecule has 10 rings (SSSR count). The van der Waals surface area contributed by atoms with Crippen molar-refractivity contribution in [1.82, 2.24) is 14.5 Å². The molecule has 0 unspecified atom stereocenters. The summed E-state index contributed by atoms with van der Waals surface area (Å²) in [4.78, 5) is 10.6. The fourth-order valence-electron chi connectivity index (χ4n) is 10.1. The fourth-order valence-corrected chi connectivity index (χ4v) is 10.1. The van der Waals surface area contributed by atoms with Crippen LogP contribution in [0.25, 0.3) is 95.0 Å². The quantitative estimate of drug-likeness (QED) is 0.165. The molecule has 0 aliphatic rings. The number of fused-ring (bicyclic) bond motifs is 1. The number of hydrogen-bond donors (Lipinski definition) is 1. The first-order valence-electron chi connectivity index (χ1n) is 27.8. The molecule has 0 radical (unpaired) electrons. The number of aryl methyl sites for hydroxylation is 1. The number of imidazole rings is 1. The molecule has 0 bridgehead atoms. The number of aromatic nitrogens is 3. The molecule has 0 spiro atoms. The first-order chi connectivity index (χ1) is 36.7. The predicted molar refractivity (Wildman–Crippen MR) is 318 cm³/mol. The third-order valence-electron chi connectivity index (χ3n) is 14.7. The van der Waals surface area contributed by atoms with Gasteiger partial charge >= 0.3 is 0 Å². The summed E-state index contributed by atoms with van der Waals surface area (Å²) < 4.78 is 29.8. The molecule has 0 saturated carbocycles. The molecule has 0 atom stereocenters. The van der Waals surface area contributed by atoms with Crippen molar-refractivity contribution in [2.24, 2.45) is 0 Å². The third kappa shape index (κ3) is 10.2. The van der Waals surface area contributed by atoms with Crippen LogP contribution in [-0.2, 0) is 21.7 Å². The molecular formula is C71H71N3O. The van der Waals surface area contributed by atoms with Gasteiger partial charge in [-0.3, -0.25) is 9.55 Å². The molecule has 8 aromatic carbocycles. The molecule has 376 valence electrons. The van der Waals surface area contributed by atoms with Crippen molar-refractivity contribution in [1.29, 1.82) is 0 Å². The van der Waals surface area contributed by atoms with Crippen LogP contribution in [0, 0.1) is 6.85 Å². The van der Waals surface area contributed by atoms with Crippen LogP contribution >= 0.6 is 0 Å². The van der Waals surface area contributed by atoms with Gasteiger partial charge in [-0.05, 0) is 155 Å². The van der Waals surface area contributed by atoms with Gasteiger partial charge in [0.05, 0.1) is 28.0 Å². The van der Waals surface area contributed by atoms with Crippen LogP contribution in [-0.4, -0.2) is 19.6 Å². The largest absolute Gasteiger partial charge is 0.507 e. The molecule has 4 nitrogen and oxygen atoms in total. The van der Waals surface area contributed by atoms with Crippen molar-refractivity contribution in [2.45, 2.75) is 112 Å². The van der Waals surface area contributed by atoms with Gasteiger partial charge in [-0.25, -0.2) is 4.98 Å². The fraction of sp³-hybridized carbons (Fsp3) is 0.239. The predicted octanol–water partition coefficient (Wildman–Crippen LogP) is 19.3. The van der Waals surface area contributed by atoms with E-state index >= 15 is 0 Å². The van der Waals surface area contributed by atoms with Crippen LogP contribution in [0.15, 0.2) is 188 Å². The maximum absolute atomic E-state index is 12.7. The van der Waals surface area contributed by atoms with Crippen molar-refractivity contribution < 1.29 is 9.22 Å².